The van der Waals surface area contributed by atoms with Gasteiger partial charge in [0, 0.05) is 24.3 Å². The topological polar surface area (TPSA) is 74.8 Å². The van der Waals surface area contributed by atoms with E-state index in [2.05, 4.69) is 24.3 Å². The smallest absolute Gasteiger partial charge is 0.258 e. The van der Waals surface area contributed by atoms with Gasteiger partial charge in [0.05, 0.1) is 11.4 Å². The second-order valence-electron chi connectivity index (χ2n) is 9.27. The van der Waals surface area contributed by atoms with Crippen molar-refractivity contribution >= 4 is 63.8 Å². The summed E-state index contributed by atoms with van der Waals surface area (Å²) in [5.41, 5.74) is 1.02. The number of rotatable bonds is 6. The van der Waals surface area contributed by atoms with E-state index >= 15 is 0 Å². The minimum absolute atomic E-state index is 0.363. The molecule has 0 bridgehead atoms. The van der Waals surface area contributed by atoms with Crippen LogP contribution in [0, 0.1) is 0 Å². The van der Waals surface area contributed by atoms with E-state index in [4.69, 9.17) is 0 Å². The van der Waals surface area contributed by atoms with Gasteiger partial charge in [0.2, 0.25) is 0 Å². The summed E-state index contributed by atoms with van der Waals surface area (Å²) >= 11 is 0. The number of hydrogen-bond donors (Lipinski definition) is 0. The third-order valence-corrected chi connectivity index (χ3v) is 11.9. The Morgan fingerprint density at radius 2 is 0.641 bits per heavy atom. The van der Waals surface area contributed by atoms with Crippen molar-refractivity contribution in [1.29, 1.82) is 0 Å². The van der Waals surface area contributed by atoms with Gasteiger partial charge in [-0.1, -0.05) is 84.9 Å². The molecule has 0 fully saturated rings. The number of carbonyl (C=O) groups is 4. The second kappa shape index (κ2) is 9.63. The number of amides is 4. The Morgan fingerprint density at radius 3 is 0.949 bits per heavy atom. The highest BCUT2D eigenvalue weighted by atomic mass is 28.3. The normalized spacial score (nSPS) is 15.1. The molecule has 0 atom stereocenters. The zero-order valence-corrected chi connectivity index (χ0v) is 21.7. The first-order valence-corrected chi connectivity index (χ1v) is 14.4. The van der Waals surface area contributed by atoms with E-state index in [0.29, 0.717) is 11.4 Å². The Morgan fingerprint density at radius 1 is 0.359 bits per heavy atom. The molecule has 6 nitrogen and oxygen atoms in total. The van der Waals surface area contributed by atoms with Gasteiger partial charge < -0.3 is 0 Å². The fraction of sp³-hybridized carbons (Fsp3) is 0. The molecule has 0 aromatic heterocycles. The standard InChI is InChI=1S/C32H22N2O4Si/c35-29-19-20-30(36)33(29)23-11-15-27(16-12-23)39(25-7-3-1-4-8-25,26-9-5-2-6-10-26)28-17-13-24(14-18-28)34-31(37)21-22-32(34)38/h1-22H. The van der Waals surface area contributed by atoms with Crippen LogP contribution < -0.4 is 30.5 Å². The van der Waals surface area contributed by atoms with Crippen LogP contribution in [0.4, 0.5) is 11.4 Å². The average molecular weight is 527 g/mol. The highest BCUT2D eigenvalue weighted by molar-refractivity contribution is 7.19. The van der Waals surface area contributed by atoms with Gasteiger partial charge in [-0.2, -0.15) is 0 Å². The van der Waals surface area contributed by atoms with E-state index in [1.807, 2.05) is 84.9 Å². The minimum atomic E-state index is -2.90. The van der Waals surface area contributed by atoms with Crippen molar-refractivity contribution in [1.82, 2.24) is 0 Å². The molecule has 2 aliphatic rings. The molecule has 0 saturated carbocycles. The molecular formula is C32H22N2O4Si. The van der Waals surface area contributed by atoms with Crippen LogP contribution in [0.2, 0.25) is 0 Å². The molecule has 0 N–H and O–H groups in total. The van der Waals surface area contributed by atoms with Crippen LogP contribution in [0.3, 0.4) is 0 Å². The third-order valence-electron chi connectivity index (χ3n) is 7.15. The first kappa shape index (κ1) is 24.2. The predicted octanol–water partition coefficient (Wildman–Crippen LogP) is 1.92. The summed E-state index contributed by atoms with van der Waals surface area (Å²) in [6.45, 7) is 0. The van der Waals surface area contributed by atoms with Gasteiger partial charge in [0.15, 0.2) is 8.07 Å². The molecule has 2 aliphatic heterocycles. The molecule has 6 rings (SSSR count). The largest absolute Gasteiger partial charge is 0.269 e. The van der Waals surface area contributed by atoms with Crippen molar-refractivity contribution in [2.75, 3.05) is 9.80 Å². The van der Waals surface area contributed by atoms with Crippen molar-refractivity contribution in [3.63, 3.8) is 0 Å². The van der Waals surface area contributed by atoms with Gasteiger partial charge in [-0.15, -0.1) is 0 Å². The molecule has 0 unspecified atom stereocenters. The molecule has 4 aromatic carbocycles. The van der Waals surface area contributed by atoms with E-state index in [0.717, 1.165) is 30.5 Å². The molecule has 4 amide bonds. The molecule has 188 valence electrons. The molecule has 7 heteroatoms. The van der Waals surface area contributed by atoms with Gasteiger partial charge >= 0.3 is 0 Å². The van der Waals surface area contributed by atoms with E-state index in [9.17, 15) is 19.2 Å². The van der Waals surface area contributed by atoms with E-state index in [1.54, 1.807) is 0 Å². The Hall–Kier alpha value is -5.14. The molecule has 4 aromatic rings. The summed E-state index contributed by atoms with van der Waals surface area (Å²) in [6.07, 6.45) is 5.10. The third kappa shape index (κ3) is 3.96. The lowest BCUT2D eigenvalue weighted by molar-refractivity contribution is -0.121. The minimum Gasteiger partial charge on any atom is -0.269 e. The van der Waals surface area contributed by atoms with Gasteiger partial charge in [-0.3, -0.25) is 19.2 Å². The second-order valence-corrected chi connectivity index (χ2v) is 13.1. The monoisotopic (exact) mass is 526 g/mol. The fourth-order valence-electron chi connectivity index (χ4n) is 5.41. The molecule has 0 saturated heterocycles. The number of anilines is 2. The zero-order valence-electron chi connectivity index (χ0n) is 20.7. The van der Waals surface area contributed by atoms with E-state index in [-0.39, 0.29) is 23.6 Å². The lowest BCUT2D eigenvalue weighted by Gasteiger charge is -2.35. The summed E-state index contributed by atoms with van der Waals surface area (Å²) in [5, 5.41) is 4.39. The maximum absolute atomic E-state index is 12.3. The van der Waals surface area contributed by atoms with Crippen LogP contribution in [-0.4, -0.2) is 31.7 Å². The van der Waals surface area contributed by atoms with Crippen molar-refractivity contribution < 1.29 is 19.2 Å². The molecule has 0 aliphatic carbocycles. The quantitative estimate of drug-likeness (QED) is 0.219. The van der Waals surface area contributed by atoms with Crippen LogP contribution in [0.1, 0.15) is 0 Å². The summed E-state index contributed by atoms with van der Waals surface area (Å²) in [6, 6.07) is 35.7. The Kier molecular flexibility index (Phi) is 5.97. The molecule has 2 heterocycles. The van der Waals surface area contributed by atoms with Crippen molar-refractivity contribution in [3.05, 3.63) is 133 Å². The molecule has 39 heavy (non-hydrogen) atoms. The van der Waals surface area contributed by atoms with Crippen molar-refractivity contribution in [2.45, 2.75) is 0 Å². The van der Waals surface area contributed by atoms with Gasteiger partial charge in [0.25, 0.3) is 23.6 Å². The zero-order chi connectivity index (χ0) is 27.0. The highest BCUT2D eigenvalue weighted by Crippen LogP contribution is 2.21. The lowest BCUT2D eigenvalue weighted by Crippen LogP contribution is -2.74. The Bertz CT molecular complexity index is 1500. The molecular weight excluding hydrogens is 504 g/mol. The van der Waals surface area contributed by atoms with Gasteiger partial charge in [-0.25, -0.2) is 9.80 Å². The number of benzene rings is 4. The van der Waals surface area contributed by atoms with Gasteiger partial charge in [-0.05, 0) is 45.0 Å². The van der Waals surface area contributed by atoms with Crippen LogP contribution in [0.15, 0.2) is 133 Å². The Balaban J connectivity index is 1.54. The SMILES string of the molecule is O=C1C=CC(=O)N1c1ccc([Si](c2ccccc2)(c2ccccc2)c2ccc(N3C(=O)C=CC3=O)cc2)cc1. The van der Waals surface area contributed by atoms with Crippen LogP contribution in [0.25, 0.3) is 0 Å². The molecule has 0 spiro atoms. The van der Waals surface area contributed by atoms with Crippen molar-refractivity contribution in [3.8, 4) is 0 Å². The predicted molar refractivity (Wildman–Crippen MR) is 153 cm³/mol. The fourth-order valence-corrected chi connectivity index (χ4v) is 10.1. The summed E-state index contributed by atoms with van der Waals surface area (Å²) in [7, 11) is -2.90. The lowest BCUT2D eigenvalue weighted by atomic mass is 10.3. The van der Waals surface area contributed by atoms with Gasteiger partial charge in [0.1, 0.15) is 0 Å². The van der Waals surface area contributed by atoms with Crippen LogP contribution in [-0.2, 0) is 19.2 Å². The number of hydrogen-bond acceptors (Lipinski definition) is 4. The summed E-state index contributed by atoms with van der Waals surface area (Å²) in [4.78, 5) is 51.5. The summed E-state index contributed by atoms with van der Waals surface area (Å²) < 4.78 is 0. The Labute approximate surface area is 226 Å². The van der Waals surface area contributed by atoms with E-state index < -0.39 is 8.07 Å². The average Bonchev–Trinajstić information content (AvgIpc) is 3.50. The van der Waals surface area contributed by atoms with Crippen LogP contribution in [0.5, 0.6) is 0 Å². The maximum atomic E-state index is 12.3. The number of carbonyl (C=O) groups excluding carboxylic acids is 4. The number of nitrogens with zero attached hydrogens (tertiary/aromatic N) is 2. The maximum Gasteiger partial charge on any atom is 0.258 e. The first-order chi connectivity index (χ1) is 19.0. The molecule has 0 radical (unpaired) electrons. The van der Waals surface area contributed by atoms with E-state index in [1.165, 1.54) is 24.3 Å². The van der Waals surface area contributed by atoms with Crippen molar-refractivity contribution in [2.24, 2.45) is 0 Å². The first-order valence-electron chi connectivity index (χ1n) is 12.4. The summed E-state index contributed by atoms with van der Waals surface area (Å²) in [5.74, 6) is -1.45. The number of imide groups is 2. The van der Waals surface area contributed by atoms with Crippen LogP contribution >= 0.6 is 0 Å². The highest BCUT2D eigenvalue weighted by Gasteiger charge is 2.42.